The van der Waals surface area contributed by atoms with E-state index >= 15 is 0 Å². The molecule has 0 bridgehead atoms. The predicted octanol–water partition coefficient (Wildman–Crippen LogP) is 2.27. The Morgan fingerprint density at radius 3 is 2.57 bits per heavy atom. The number of hydrogen-bond acceptors (Lipinski definition) is 4. The minimum atomic E-state index is 0.104. The van der Waals surface area contributed by atoms with Gasteiger partial charge in [0.1, 0.15) is 18.1 Å². The van der Waals surface area contributed by atoms with Crippen LogP contribution < -0.4 is 15.2 Å². The SMILES string of the molecule is COc1ccc(CN)cc1COc1ccccc1CCO. The molecule has 0 unspecified atom stereocenters. The molecule has 3 N–H and O–H groups in total. The lowest BCUT2D eigenvalue weighted by Crippen LogP contribution is -2.04. The van der Waals surface area contributed by atoms with E-state index in [0.29, 0.717) is 19.6 Å². The van der Waals surface area contributed by atoms with Crippen LogP contribution in [0.4, 0.5) is 0 Å². The van der Waals surface area contributed by atoms with Crippen molar-refractivity contribution in [2.24, 2.45) is 5.73 Å². The average molecular weight is 287 g/mol. The molecular formula is C17H21NO3. The van der Waals surface area contributed by atoms with E-state index in [1.807, 2.05) is 42.5 Å². The van der Waals surface area contributed by atoms with Gasteiger partial charge in [-0.25, -0.2) is 0 Å². The fourth-order valence-electron chi connectivity index (χ4n) is 2.20. The van der Waals surface area contributed by atoms with Gasteiger partial charge in [0.25, 0.3) is 0 Å². The summed E-state index contributed by atoms with van der Waals surface area (Å²) in [6.45, 7) is 0.990. The van der Waals surface area contributed by atoms with E-state index in [9.17, 15) is 0 Å². The quantitative estimate of drug-likeness (QED) is 0.820. The lowest BCUT2D eigenvalue weighted by Gasteiger charge is -2.14. The topological polar surface area (TPSA) is 64.7 Å². The van der Waals surface area contributed by atoms with Gasteiger partial charge < -0.3 is 20.3 Å². The molecule has 0 saturated heterocycles. The molecule has 2 aromatic rings. The van der Waals surface area contributed by atoms with Crippen molar-refractivity contribution in [2.75, 3.05) is 13.7 Å². The van der Waals surface area contributed by atoms with Crippen molar-refractivity contribution >= 4 is 0 Å². The number of methoxy groups -OCH3 is 1. The van der Waals surface area contributed by atoms with Gasteiger partial charge in [-0.1, -0.05) is 24.3 Å². The van der Waals surface area contributed by atoms with Crippen LogP contribution in [0.15, 0.2) is 42.5 Å². The maximum Gasteiger partial charge on any atom is 0.125 e. The molecule has 4 nitrogen and oxygen atoms in total. The summed E-state index contributed by atoms with van der Waals surface area (Å²) in [4.78, 5) is 0. The Hall–Kier alpha value is -2.04. The zero-order chi connectivity index (χ0) is 15.1. The molecule has 0 radical (unpaired) electrons. The number of benzene rings is 2. The van der Waals surface area contributed by atoms with Crippen molar-refractivity contribution in [3.63, 3.8) is 0 Å². The molecule has 2 aromatic carbocycles. The van der Waals surface area contributed by atoms with E-state index in [0.717, 1.165) is 28.2 Å². The van der Waals surface area contributed by atoms with Gasteiger partial charge in [0.2, 0.25) is 0 Å². The first-order valence-electron chi connectivity index (χ1n) is 6.96. The molecule has 112 valence electrons. The largest absolute Gasteiger partial charge is 0.496 e. The standard InChI is InChI=1S/C17H21NO3/c1-20-16-7-6-13(11-18)10-15(16)12-21-17-5-3-2-4-14(17)8-9-19/h2-7,10,19H,8-9,11-12,18H2,1H3. The van der Waals surface area contributed by atoms with Crippen molar-refractivity contribution < 1.29 is 14.6 Å². The lowest BCUT2D eigenvalue weighted by atomic mass is 10.1. The van der Waals surface area contributed by atoms with Gasteiger partial charge in [0.05, 0.1) is 7.11 Å². The summed E-state index contributed by atoms with van der Waals surface area (Å²) in [7, 11) is 1.64. The minimum Gasteiger partial charge on any atom is -0.496 e. The highest BCUT2D eigenvalue weighted by molar-refractivity contribution is 5.38. The molecule has 0 aromatic heterocycles. The first-order valence-corrected chi connectivity index (χ1v) is 6.96. The van der Waals surface area contributed by atoms with E-state index < -0.39 is 0 Å². The van der Waals surface area contributed by atoms with Crippen LogP contribution in [0.5, 0.6) is 11.5 Å². The highest BCUT2D eigenvalue weighted by Gasteiger charge is 2.07. The Morgan fingerprint density at radius 1 is 1.05 bits per heavy atom. The first kappa shape index (κ1) is 15.4. The van der Waals surface area contributed by atoms with Crippen LogP contribution in [-0.2, 0) is 19.6 Å². The molecule has 4 heteroatoms. The normalized spacial score (nSPS) is 10.4. The van der Waals surface area contributed by atoms with E-state index in [-0.39, 0.29) is 6.61 Å². The molecule has 2 rings (SSSR count). The molecule has 0 aliphatic heterocycles. The second-order valence-electron chi connectivity index (χ2n) is 4.72. The maximum atomic E-state index is 9.09. The molecule has 0 amide bonds. The molecule has 0 fully saturated rings. The summed E-state index contributed by atoms with van der Waals surface area (Å²) < 4.78 is 11.2. The second kappa shape index (κ2) is 7.67. The van der Waals surface area contributed by atoms with Gasteiger partial charge in [-0.2, -0.15) is 0 Å². The van der Waals surface area contributed by atoms with Crippen LogP contribution >= 0.6 is 0 Å². The molecular weight excluding hydrogens is 266 g/mol. The number of aliphatic hydroxyl groups is 1. The van der Waals surface area contributed by atoms with Crippen LogP contribution in [0.1, 0.15) is 16.7 Å². The monoisotopic (exact) mass is 287 g/mol. The van der Waals surface area contributed by atoms with Crippen molar-refractivity contribution in [2.45, 2.75) is 19.6 Å². The number of nitrogens with two attached hydrogens (primary N) is 1. The molecule has 0 heterocycles. The number of rotatable bonds is 7. The zero-order valence-electron chi connectivity index (χ0n) is 12.2. The fourth-order valence-corrected chi connectivity index (χ4v) is 2.20. The summed E-state index contributed by atoms with van der Waals surface area (Å²) >= 11 is 0. The average Bonchev–Trinajstić information content (AvgIpc) is 2.54. The lowest BCUT2D eigenvalue weighted by molar-refractivity contribution is 0.280. The number of para-hydroxylation sites is 1. The number of hydrogen-bond donors (Lipinski definition) is 2. The Bertz CT molecular complexity index is 584. The molecule has 0 spiro atoms. The van der Waals surface area contributed by atoms with Crippen molar-refractivity contribution in [1.29, 1.82) is 0 Å². The third kappa shape index (κ3) is 3.97. The molecule has 21 heavy (non-hydrogen) atoms. The van der Waals surface area contributed by atoms with Crippen molar-refractivity contribution in [3.05, 3.63) is 59.2 Å². The number of ether oxygens (including phenoxy) is 2. The van der Waals surface area contributed by atoms with Gasteiger partial charge in [0, 0.05) is 18.7 Å². The number of aliphatic hydroxyl groups excluding tert-OH is 1. The zero-order valence-corrected chi connectivity index (χ0v) is 12.2. The Morgan fingerprint density at radius 2 is 1.86 bits per heavy atom. The van der Waals surface area contributed by atoms with E-state index in [2.05, 4.69) is 0 Å². The Balaban J connectivity index is 2.16. The van der Waals surface area contributed by atoms with Crippen LogP contribution in [0.2, 0.25) is 0 Å². The summed E-state index contributed by atoms with van der Waals surface area (Å²) in [6, 6.07) is 13.6. The van der Waals surface area contributed by atoms with Crippen LogP contribution in [0.25, 0.3) is 0 Å². The van der Waals surface area contributed by atoms with Crippen molar-refractivity contribution in [1.82, 2.24) is 0 Å². The predicted molar refractivity (Wildman–Crippen MR) is 82.4 cm³/mol. The summed E-state index contributed by atoms with van der Waals surface area (Å²) in [5.74, 6) is 1.57. The van der Waals surface area contributed by atoms with Gasteiger partial charge >= 0.3 is 0 Å². The van der Waals surface area contributed by atoms with Gasteiger partial charge in [-0.3, -0.25) is 0 Å². The van der Waals surface area contributed by atoms with E-state index in [1.165, 1.54) is 0 Å². The minimum absolute atomic E-state index is 0.104. The summed E-state index contributed by atoms with van der Waals surface area (Å²) in [5, 5.41) is 9.09. The Kier molecular flexibility index (Phi) is 5.60. The third-order valence-electron chi connectivity index (χ3n) is 3.32. The van der Waals surface area contributed by atoms with Gasteiger partial charge in [-0.05, 0) is 35.7 Å². The molecule has 0 aliphatic carbocycles. The fraction of sp³-hybridized carbons (Fsp3) is 0.294. The Labute approximate surface area is 125 Å². The van der Waals surface area contributed by atoms with Crippen LogP contribution in [0, 0.1) is 0 Å². The van der Waals surface area contributed by atoms with Gasteiger partial charge in [-0.15, -0.1) is 0 Å². The summed E-state index contributed by atoms with van der Waals surface area (Å²) in [6.07, 6.45) is 0.580. The van der Waals surface area contributed by atoms with E-state index in [4.69, 9.17) is 20.3 Å². The van der Waals surface area contributed by atoms with Crippen molar-refractivity contribution in [3.8, 4) is 11.5 Å². The second-order valence-corrected chi connectivity index (χ2v) is 4.72. The highest BCUT2D eigenvalue weighted by atomic mass is 16.5. The van der Waals surface area contributed by atoms with Crippen LogP contribution in [0.3, 0.4) is 0 Å². The molecule has 0 atom stereocenters. The third-order valence-corrected chi connectivity index (χ3v) is 3.32. The van der Waals surface area contributed by atoms with E-state index in [1.54, 1.807) is 7.11 Å². The molecule has 0 saturated carbocycles. The first-order chi connectivity index (χ1) is 10.3. The molecule has 0 aliphatic rings. The summed E-state index contributed by atoms with van der Waals surface area (Å²) in [5.41, 5.74) is 8.66. The van der Waals surface area contributed by atoms with Gasteiger partial charge in [0.15, 0.2) is 0 Å². The highest BCUT2D eigenvalue weighted by Crippen LogP contribution is 2.24. The smallest absolute Gasteiger partial charge is 0.125 e. The maximum absolute atomic E-state index is 9.09. The van der Waals surface area contributed by atoms with Crippen LogP contribution in [-0.4, -0.2) is 18.8 Å².